The lowest BCUT2D eigenvalue weighted by Gasteiger charge is -2.23. The molecule has 0 aliphatic carbocycles. The van der Waals surface area contributed by atoms with Gasteiger partial charge in [-0.3, -0.25) is 0 Å². The molecule has 110 valence electrons. The first-order valence-corrected chi connectivity index (χ1v) is 8.71. The van der Waals surface area contributed by atoms with Crippen molar-refractivity contribution in [3.8, 4) is 0 Å². The molecule has 1 heterocycles. The van der Waals surface area contributed by atoms with E-state index in [9.17, 15) is 0 Å². The van der Waals surface area contributed by atoms with Gasteiger partial charge in [-0.05, 0) is 74.3 Å². The van der Waals surface area contributed by atoms with Crippen LogP contribution in [0.3, 0.4) is 0 Å². The summed E-state index contributed by atoms with van der Waals surface area (Å²) >= 11 is 1.81. The average Bonchev–Trinajstić information content (AvgIpc) is 2.95. The van der Waals surface area contributed by atoms with E-state index < -0.39 is 0 Å². The van der Waals surface area contributed by atoms with Gasteiger partial charge < -0.3 is 10.2 Å². The molecule has 0 aliphatic rings. The normalized spacial score (nSPS) is 13.1. The van der Waals surface area contributed by atoms with Crippen molar-refractivity contribution in [1.82, 2.24) is 10.2 Å². The number of hydrogen-bond acceptors (Lipinski definition) is 3. The van der Waals surface area contributed by atoms with Crippen LogP contribution in [-0.4, -0.2) is 37.1 Å². The second-order valence-electron chi connectivity index (χ2n) is 5.14. The lowest BCUT2D eigenvalue weighted by Crippen LogP contribution is -2.35. The van der Waals surface area contributed by atoms with E-state index in [-0.39, 0.29) is 0 Å². The van der Waals surface area contributed by atoms with Crippen LogP contribution in [0, 0.1) is 0 Å². The lowest BCUT2D eigenvalue weighted by molar-refractivity contribution is 0.277. The molecular formula is C16H30N2S. The number of hydrogen-bond donors (Lipinski definition) is 1. The highest BCUT2D eigenvalue weighted by atomic mass is 32.1. The Morgan fingerprint density at radius 3 is 2.58 bits per heavy atom. The van der Waals surface area contributed by atoms with Crippen LogP contribution in [0.2, 0.25) is 0 Å². The summed E-state index contributed by atoms with van der Waals surface area (Å²) in [6.45, 7) is 11.5. The maximum Gasteiger partial charge on any atom is 0.00824 e. The van der Waals surface area contributed by atoms with E-state index in [0.29, 0.717) is 6.04 Å². The van der Waals surface area contributed by atoms with Gasteiger partial charge >= 0.3 is 0 Å². The summed E-state index contributed by atoms with van der Waals surface area (Å²) < 4.78 is 0. The van der Waals surface area contributed by atoms with Crippen LogP contribution in [0.25, 0.3) is 0 Å². The van der Waals surface area contributed by atoms with Crippen molar-refractivity contribution in [2.45, 2.75) is 52.5 Å². The van der Waals surface area contributed by atoms with E-state index in [1.807, 2.05) is 0 Å². The fourth-order valence-electron chi connectivity index (χ4n) is 2.35. The maximum absolute atomic E-state index is 3.71. The van der Waals surface area contributed by atoms with Crippen LogP contribution in [0.15, 0.2) is 16.8 Å². The molecule has 3 heteroatoms. The molecule has 0 saturated heterocycles. The van der Waals surface area contributed by atoms with Crippen molar-refractivity contribution < 1.29 is 0 Å². The number of rotatable bonds is 11. The lowest BCUT2D eigenvalue weighted by atomic mass is 10.0. The minimum Gasteiger partial charge on any atom is -0.314 e. The van der Waals surface area contributed by atoms with E-state index >= 15 is 0 Å². The predicted octanol–water partition coefficient (Wildman–Crippen LogP) is 3.78. The molecule has 1 aromatic rings. The van der Waals surface area contributed by atoms with Gasteiger partial charge in [-0.2, -0.15) is 11.3 Å². The molecule has 0 spiro atoms. The molecular weight excluding hydrogens is 252 g/mol. The Morgan fingerprint density at radius 2 is 2.00 bits per heavy atom. The zero-order valence-corrected chi connectivity index (χ0v) is 13.6. The summed E-state index contributed by atoms with van der Waals surface area (Å²) in [4.78, 5) is 2.52. The van der Waals surface area contributed by atoms with E-state index in [0.717, 1.165) is 6.54 Å². The third-order valence-electron chi connectivity index (χ3n) is 3.73. The van der Waals surface area contributed by atoms with Crippen LogP contribution in [-0.2, 0) is 6.42 Å². The van der Waals surface area contributed by atoms with Crippen molar-refractivity contribution in [1.29, 1.82) is 0 Å². The van der Waals surface area contributed by atoms with Crippen LogP contribution >= 0.6 is 11.3 Å². The fourth-order valence-corrected chi connectivity index (χ4v) is 3.05. The molecule has 0 aromatic carbocycles. The Hall–Kier alpha value is -0.380. The minimum atomic E-state index is 0.667. The quantitative estimate of drug-likeness (QED) is 0.664. The highest BCUT2D eigenvalue weighted by molar-refractivity contribution is 7.07. The second kappa shape index (κ2) is 10.4. The molecule has 0 amide bonds. The number of thiophene rings is 1. The molecule has 19 heavy (non-hydrogen) atoms. The van der Waals surface area contributed by atoms with E-state index in [4.69, 9.17) is 0 Å². The van der Waals surface area contributed by atoms with Crippen molar-refractivity contribution in [3.63, 3.8) is 0 Å². The average molecular weight is 282 g/mol. The topological polar surface area (TPSA) is 15.3 Å². The monoisotopic (exact) mass is 282 g/mol. The Balaban J connectivity index is 2.33. The molecule has 1 unspecified atom stereocenters. The highest BCUT2D eigenvalue weighted by Crippen LogP contribution is 2.11. The minimum absolute atomic E-state index is 0.667. The van der Waals surface area contributed by atoms with Crippen LogP contribution in [0.4, 0.5) is 0 Å². The van der Waals surface area contributed by atoms with Crippen LogP contribution in [0.5, 0.6) is 0 Å². The van der Waals surface area contributed by atoms with Crippen molar-refractivity contribution in [2.24, 2.45) is 0 Å². The summed E-state index contributed by atoms with van der Waals surface area (Å²) in [5.41, 5.74) is 1.50. The van der Waals surface area contributed by atoms with Gasteiger partial charge in [-0.1, -0.05) is 20.8 Å². The first-order chi connectivity index (χ1) is 9.30. The highest BCUT2D eigenvalue weighted by Gasteiger charge is 2.10. The third kappa shape index (κ3) is 7.09. The zero-order valence-electron chi connectivity index (χ0n) is 12.8. The molecule has 1 atom stereocenters. The molecule has 0 aliphatic heterocycles. The smallest absolute Gasteiger partial charge is 0.00824 e. The van der Waals surface area contributed by atoms with Gasteiger partial charge in [-0.15, -0.1) is 0 Å². The molecule has 1 N–H and O–H groups in total. The van der Waals surface area contributed by atoms with Gasteiger partial charge in [-0.25, -0.2) is 0 Å². The zero-order chi connectivity index (χ0) is 13.9. The first kappa shape index (κ1) is 16.7. The third-order valence-corrected chi connectivity index (χ3v) is 4.46. The summed E-state index contributed by atoms with van der Waals surface area (Å²) in [6, 6.07) is 2.92. The van der Waals surface area contributed by atoms with E-state index in [2.05, 4.69) is 47.8 Å². The Labute approximate surface area is 123 Å². The maximum atomic E-state index is 3.71. The summed E-state index contributed by atoms with van der Waals surface area (Å²) in [5.74, 6) is 0. The summed E-state index contributed by atoms with van der Waals surface area (Å²) in [5, 5.41) is 8.17. The van der Waals surface area contributed by atoms with Gasteiger partial charge in [0.2, 0.25) is 0 Å². The van der Waals surface area contributed by atoms with Crippen molar-refractivity contribution >= 4 is 11.3 Å². The van der Waals surface area contributed by atoms with Crippen LogP contribution < -0.4 is 5.32 Å². The molecule has 0 bridgehead atoms. The van der Waals surface area contributed by atoms with Crippen molar-refractivity contribution in [2.75, 3.05) is 26.2 Å². The van der Waals surface area contributed by atoms with Gasteiger partial charge in [0.1, 0.15) is 0 Å². The SMILES string of the molecule is CCCNC(CCc1ccsc1)CCN(CC)CC. The number of aryl methyl sites for hydroxylation is 1. The Bertz CT molecular complexity index is 294. The Morgan fingerprint density at radius 1 is 1.21 bits per heavy atom. The summed E-state index contributed by atoms with van der Waals surface area (Å²) in [6.07, 6.45) is 4.97. The molecule has 0 fully saturated rings. The molecule has 0 radical (unpaired) electrons. The Kier molecular flexibility index (Phi) is 9.14. The molecule has 1 rings (SSSR count). The standard InChI is InChI=1S/C16H30N2S/c1-4-11-17-16(9-12-18(5-2)6-3)8-7-15-10-13-19-14-15/h10,13-14,16-17H,4-9,11-12H2,1-3H3. The number of nitrogens with zero attached hydrogens (tertiary/aromatic N) is 1. The molecule has 2 nitrogen and oxygen atoms in total. The van der Waals surface area contributed by atoms with Gasteiger partial charge in [0.05, 0.1) is 0 Å². The van der Waals surface area contributed by atoms with E-state index in [1.165, 1.54) is 50.9 Å². The first-order valence-electron chi connectivity index (χ1n) is 7.76. The summed E-state index contributed by atoms with van der Waals surface area (Å²) in [7, 11) is 0. The van der Waals surface area contributed by atoms with E-state index in [1.54, 1.807) is 11.3 Å². The van der Waals surface area contributed by atoms with Gasteiger partial charge in [0.25, 0.3) is 0 Å². The second-order valence-corrected chi connectivity index (χ2v) is 5.92. The van der Waals surface area contributed by atoms with Gasteiger partial charge in [0, 0.05) is 6.04 Å². The van der Waals surface area contributed by atoms with Crippen LogP contribution in [0.1, 0.15) is 45.6 Å². The number of nitrogens with one attached hydrogen (secondary N) is 1. The largest absolute Gasteiger partial charge is 0.314 e. The molecule has 1 aromatic heterocycles. The fraction of sp³-hybridized carbons (Fsp3) is 0.750. The van der Waals surface area contributed by atoms with Crippen molar-refractivity contribution in [3.05, 3.63) is 22.4 Å². The predicted molar refractivity (Wildman–Crippen MR) is 87.1 cm³/mol. The van der Waals surface area contributed by atoms with Gasteiger partial charge in [0.15, 0.2) is 0 Å². The molecule has 0 saturated carbocycles.